The summed E-state index contributed by atoms with van der Waals surface area (Å²) >= 11 is 0. The van der Waals surface area contributed by atoms with Crippen molar-refractivity contribution >= 4 is 21.9 Å². The molecular weight excluding hydrogens is 439 g/mol. The van der Waals surface area contributed by atoms with Gasteiger partial charge in [0.05, 0.1) is 23.7 Å². The zero-order chi connectivity index (χ0) is 23.3. The fourth-order valence-corrected chi connectivity index (χ4v) is 4.62. The number of hydrogen-bond acceptors (Lipinski definition) is 6. The van der Waals surface area contributed by atoms with Gasteiger partial charge in [0.2, 0.25) is 10.0 Å². The highest BCUT2D eigenvalue weighted by Crippen LogP contribution is 2.21. The Morgan fingerprint density at radius 2 is 1.78 bits per heavy atom. The first kappa shape index (κ1) is 23.8. The second-order valence-corrected chi connectivity index (χ2v) is 9.38. The van der Waals surface area contributed by atoms with Gasteiger partial charge in [-0.05, 0) is 42.3 Å². The molecule has 1 aliphatic heterocycles. The van der Waals surface area contributed by atoms with E-state index in [0.29, 0.717) is 18.8 Å². The zero-order valence-corrected chi connectivity index (χ0v) is 18.7. The minimum absolute atomic E-state index is 0.0169. The molecule has 3 rings (SSSR count). The minimum Gasteiger partial charge on any atom is -0.452 e. The molecule has 172 valence electrons. The van der Waals surface area contributed by atoms with Gasteiger partial charge < -0.3 is 14.4 Å². The third kappa shape index (κ3) is 5.70. The molecule has 1 aliphatic rings. The monoisotopic (exact) mass is 464 g/mol. The molecule has 0 spiro atoms. The van der Waals surface area contributed by atoms with Crippen molar-refractivity contribution in [3.05, 3.63) is 65.0 Å². The standard InChI is InChI=1S/C22H25FN2O6S/c1-16-3-8-19(32(28,29)25-9-11-30-12-10-25)13-20(16)22(27)31-15-21(26)24(2)14-17-4-6-18(23)7-5-17/h3-8,13H,9-12,14-15H2,1-2H3. The number of amides is 1. The molecule has 1 heterocycles. The van der Waals surface area contributed by atoms with E-state index in [9.17, 15) is 22.4 Å². The number of likely N-dealkylation sites (N-methyl/N-ethyl adjacent to an activating group) is 1. The number of aryl methyl sites for hydroxylation is 1. The summed E-state index contributed by atoms with van der Waals surface area (Å²) in [6, 6.07) is 9.98. The highest BCUT2D eigenvalue weighted by Gasteiger charge is 2.27. The first-order valence-electron chi connectivity index (χ1n) is 10.0. The van der Waals surface area contributed by atoms with Crippen molar-refractivity contribution in [2.45, 2.75) is 18.4 Å². The van der Waals surface area contributed by atoms with Crippen LogP contribution in [0.15, 0.2) is 47.4 Å². The van der Waals surface area contributed by atoms with Crippen molar-refractivity contribution in [3.63, 3.8) is 0 Å². The van der Waals surface area contributed by atoms with Gasteiger partial charge in [0.1, 0.15) is 5.82 Å². The van der Waals surface area contributed by atoms with E-state index in [-0.39, 0.29) is 35.9 Å². The molecule has 0 aromatic heterocycles. The van der Waals surface area contributed by atoms with Crippen LogP contribution in [-0.2, 0) is 30.8 Å². The second kappa shape index (κ2) is 10.2. The molecule has 0 N–H and O–H groups in total. The lowest BCUT2D eigenvalue weighted by atomic mass is 10.1. The van der Waals surface area contributed by atoms with E-state index in [0.717, 1.165) is 5.56 Å². The smallest absolute Gasteiger partial charge is 0.338 e. The normalized spacial score (nSPS) is 14.7. The first-order chi connectivity index (χ1) is 15.2. The predicted octanol–water partition coefficient (Wildman–Crippen LogP) is 1.97. The fourth-order valence-electron chi connectivity index (χ4n) is 3.18. The van der Waals surface area contributed by atoms with E-state index < -0.39 is 28.5 Å². The van der Waals surface area contributed by atoms with Crippen LogP contribution in [0.2, 0.25) is 0 Å². The lowest BCUT2D eigenvalue weighted by Crippen LogP contribution is -2.40. The first-order valence-corrected chi connectivity index (χ1v) is 11.5. The molecule has 1 amide bonds. The average molecular weight is 465 g/mol. The zero-order valence-electron chi connectivity index (χ0n) is 17.9. The van der Waals surface area contributed by atoms with Gasteiger partial charge in [0.15, 0.2) is 6.61 Å². The highest BCUT2D eigenvalue weighted by atomic mass is 32.2. The molecular formula is C22H25FN2O6S. The largest absolute Gasteiger partial charge is 0.452 e. The number of carbonyl (C=O) groups excluding carboxylic acids is 2. The summed E-state index contributed by atoms with van der Waals surface area (Å²) in [5.41, 5.74) is 1.34. The number of ether oxygens (including phenoxy) is 2. The van der Waals surface area contributed by atoms with Crippen molar-refractivity contribution < 1.29 is 31.9 Å². The molecule has 2 aromatic carbocycles. The maximum Gasteiger partial charge on any atom is 0.338 e. The van der Waals surface area contributed by atoms with Crippen molar-refractivity contribution in [1.82, 2.24) is 9.21 Å². The third-order valence-corrected chi connectivity index (χ3v) is 7.02. The van der Waals surface area contributed by atoms with Crippen molar-refractivity contribution in [3.8, 4) is 0 Å². The fraction of sp³-hybridized carbons (Fsp3) is 0.364. The molecule has 0 saturated carbocycles. The molecule has 0 bridgehead atoms. The number of carbonyl (C=O) groups is 2. The number of rotatable bonds is 7. The summed E-state index contributed by atoms with van der Waals surface area (Å²) in [6.45, 7) is 2.49. The van der Waals surface area contributed by atoms with Crippen LogP contribution < -0.4 is 0 Å². The summed E-state index contributed by atoms with van der Waals surface area (Å²) in [6.07, 6.45) is 0. The number of esters is 1. The number of hydrogen-bond donors (Lipinski definition) is 0. The minimum atomic E-state index is -3.77. The van der Waals surface area contributed by atoms with E-state index in [1.807, 2.05) is 0 Å². The van der Waals surface area contributed by atoms with Gasteiger partial charge in [-0.1, -0.05) is 18.2 Å². The number of morpholine rings is 1. The van der Waals surface area contributed by atoms with Crippen molar-refractivity contribution in [1.29, 1.82) is 0 Å². The number of halogens is 1. The molecule has 0 radical (unpaired) electrons. The SMILES string of the molecule is Cc1ccc(S(=O)(=O)N2CCOCC2)cc1C(=O)OCC(=O)N(C)Cc1ccc(F)cc1. The van der Waals surface area contributed by atoms with Gasteiger partial charge in [-0.2, -0.15) is 4.31 Å². The molecule has 32 heavy (non-hydrogen) atoms. The van der Waals surface area contributed by atoms with Crippen LogP contribution in [0, 0.1) is 12.7 Å². The maximum absolute atomic E-state index is 13.0. The molecule has 10 heteroatoms. The van der Waals surface area contributed by atoms with E-state index in [4.69, 9.17) is 9.47 Å². The van der Waals surface area contributed by atoms with Crippen LogP contribution in [-0.4, -0.2) is 69.5 Å². The molecule has 0 atom stereocenters. The Hall–Kier alpha value is -2.82. The highest BCUT2D eigenvalue weighted by molar-refractivity contribution is 7.89. The van der Waals surface area contributed by atoms with Crippen LogP contribution in [0.1, 0.15) is 21.5 Å². The van der Waals surface area contributed by atoms with Gasteiger partial charge >= 0.3 is 5.97 Å². The van der Waals surface area contributed by atoms with E-state index in [1.165, 1.54) is 39.5 Å². The van der Waals surface area contributed by atoms with Crippen LogP contribution in [0.3, 0.4) is 0 Å². The van der Waals surface area contributed by atoms with Gasteiger partial charge in [-0.25, -0.2) is 17.6 Å². The van der Waals surface area contributed by atoms with Gasteiger partial charge in [-0.15, -0.1) is 0 Å². The summed E-state index contributed by atoms with van der Waals surface area (Å²) in [5.74, 6) is -1.60. The van der Waals surface area contributed by atoms with Crippen molar-refractivity contribution in [2.75, 3.05) is 40.0 Å². The quantitative estimate of drug-likeness (QED) is 0.582. The Labute approximate surface area is 186 Å². The van der Waals surface area contributed by atoms with Crippen LogP contribution in [0.4, 0.5) is 4.39 Å². The van der Waals surface area contributed by atoms with Gasteiger partial charge in [0.25, 0.3) is 5.91 Å². The van der Waals surface area contributed by atoms with E-state index >= 15 is 0 Å². The molecule has 1 saturated heterocycles. The summed E-state index contributed by atoms with van der Waals surface area (Å²) < 4.78 is 50.4. The summed E-state index contributed by atoms with van der Waals surface area (Å²) in [7, 11) is -2.23. The Balaban J connectivity index is 1.65. The average Bonchev–Trinajstić information content (AvgIpc) is 2.79. The number of nitrogens with zero attached hydrogens (tertiary/aromatic N) is 2. The molecule has 0 aliphatic carbocycles. The number of benzene rings is 2. The molecule has 0 unspecified atom stereocenters. The Bertz CT molecular complexity index is 1080. The third-order valence-electron chi connectivity index (χ3n) is 5.12. The number of sulfonamides is 1. The molecule has 1 fully saturated rings. The summed E-state index contributed by atoms with van der Waals surface area (Å²) in [5, 5.41) is 0. The van der Waals surface area contributed by atoms with Crippen LogP contribution >= 0.6 is 0 Å². The van der Waals surface area contributed by atoms with Crippen LogP contribution in [0.25, 0.3) is 0 Å². The Morgan fingerprint density at radius 1 is 1.12 bits per heavy atom. The lowest BCUT2D eigenvalue weighted by Gasteiger charge is -2.26. The van der Waals surface area contributed by atoms with Gasteiger partial charge in [0, 0.05) is 26.7 Å². The molecule has 2 aromatic rings. The second-order valence-electron chi connectivity index (χ2n) is 7.45. The van der Waals surface area contributed by atoms with E-state index in [2.05, 4.69) is 0 Å². The predicted molar refractivity (Wildman–Crippen MR) is 114 cm³/mol. The van der Waals surface area contributed by atoms with Crippen molar-refractivity contribution in [2.24, 2.45) is 0 Å². The summed E-state index contributed by atoms with van der Waals surface area (Å²) in [4.78, 5) is 26.2. The van der Waals surface area contributed by atoms with E-state index in [1.54, 1.807) is 26.1 Å². The van der Waals surface area contributed by atoms with Crippen LogP contribution in [0.5, 0.6) is 0 Å². The molecule has 8 nitrogen and oxygen atoms in total. The Morgan fingerprint density at radius 3 is 2.44 bits per heavy atom. The topological polar surface area (TPSA) is 93.2 Å². The Kier molecular flexibility index (Phi) is 7.60. The lowest BCUT2D eigenvalue weighted by molar-refractivity contribution is -0.133. The maximum atomic E-state index is 13.0. The van der Waals surface area contributed by atoms with Gasteiger partial charge in [-0.3, -0.25) is 4.79 Å².